The summed E-state index contributed by atoms with van der Waals surface area (Å²) in [6, 6.07) is 9.37. The topological polar surface area (TPSA) is 94.4 Å². The van der Waals surface area contributed by atoms with Crippen molar-refractivity contribution in [3.05, 3.63) is 58.6 Å². The molecule has 1 unspecified atom stereocenters. The molecule has 2 aromatic rings. The Balaban J connectivity index is 2.20. The van der Waals surface area contributed by atoms with Crippen LogP contribution in [0.4, 0.5) is 0 Å². The molecule has 8 heteroatoms. The second kappa shape index (κ2) is 11.2. The Kier molecular flexibility index (Phi) is 8.63. The quantitative estimate of drug-likeness (QED) is 0.264. The molecule has 0 fully saturated rings. The van der Waals surface area contributed by atoms with Gasteiger partial charge in [-0.1, -0.05) is 37.6 Å². The highest BCUT2D eigenvalue weighted by atomic mass is 35.5. The van der Waals surface area contributed by atoms with E-state index in [4.69, 9.17) is 25.8 Å². The summed E-state index contributed by atoms with van der Waals surface area (Å²) >= 11 is 6.28. The third-order valence-corrected chi connectivity index (χ3v) is 4.51. The summed E-state index contributed by atoms with van der Waals surface area (Å²) in [4.78, 5) is 27.7. The first kappa shape index (κ1) is 24.0. The Morgan fingerprint density at radius 3 is 2.45 bits per heavy atom. The molecule has 0 radical (unpaired) electrons. The Hall–Kier alpha value is -3.32. The zero-order valence-corrected chi connectivity index (χ0v) is 18.4. The minimum absolute atomic E-state index is 0.0558. The molecule has 0 aliphatic heterocycles. The normalized spacial score (nSPS) is 12.3. The molecule has 0 heterocycles. The van der Waals surface area contributed by atoms with Crippen LogP contribution in [-0.2, 0) is 9.59 Å². The smallest absolute Gasteiger partial charge is 0.336 e. The minimum atomic E-state index is -1.02. The number of carbonyl (C=O) groups excluding carboxylic acids is 1. The van der Waals surface area contributed by atoms with Gasteiger partial charge in [0.1, 0.15) is 11.8 Å². The summed E-state index contributed by atoms with van der Waals surface area (Å²) < 4.78 is 15.8. The van der Waals surface area contributed by atoms with E-state index in [1.807, 2.05) is 6.07 Å². The molecule has 1 N–H and O–H groups in total. The van der Waals surface area contributed by atoms with Crippen LogP contribution in [0.15, 0.2) is 47.5 Å². The molecule has 0 spiro atoms. The van der Waals surface area contributed by atoms with E-state index in [0.717, 1.165) is 5.56 Å². The van der Waals surface area contributed by atoms with E-state index in [9.17, 15) is 14.7 Å². The van der Waals surface area contributed by atoms with Gasteiger partial charge in [0.25, 0.3) is 0 Å². The predicted octanol–water partition coefficient (Wildman–Crippen LogP) is 4.50. The molecule has 1 atom stereocenters. The monoisotopic (exact) mass is 445 g/mol. The maximum Gasteiger partial charge on any atom is 0.336 e. The highest BCUT2D eigenvalue weighted by Crippen LogP contribution is 2.36. The Bertz CT molecular complexity index is 1000. The van der Waals surface area contributed by atoms with Crippen LogP contribution in [0.3, 0.4) is 0 Å². The number of benzene rings is 2. The Morgan fingerprint density at radius 1 is 1.10 bits per heavy atom. The number of hydrogen-bond acceptors (Lipinski definition) is 6. The second-order valence-corrected chi connectivity index (χ2v) is 7.28. The summed E-state index contributed by atoms with van der Waals surface area (Å²) in [7, 11) is 2.97. The van der Waals surface area contributed by atoms with Gasteiger partial charge >= 0.3 is 11.9 Å². The third kappa shape index (κ3) is 6.86. The fraction of sp³-hybridized carbons (Fsp3) is 0.261. The summed E-state index contributed by atoms with van der Waals surface area (Å²) in [5, 5.41) is 9.37. The summed E-state index contributed by atoms with van der Waals surface area (Å²) in [5.41, 5.74) is 1.28. The highest BCUT2D eigenvalue weighted by molar-refractivity contribution is 6.32. The maximum absolute atomic E-state index is 12.3. The molecule has 164 valence electrons. The van der Waals surface area contributed by atoms with Crippen LogP contribution >= 0.6 is 11.6 Å². The van der Waals surface area contributed by atoms with Crippen LogP contribution in [0.1, 0.15) is 25.0 Å². The number of carboxylic acid groups (broad SMARTS) is 1. The molecule has 0 aliphatic rings. The number of carbonyl (C=O) groups is 2. The van der Waals surface area contributed by atoms with Gasteiger partial charge < -0.3 is 19.3 Å². The van der Waals surface area contributed by atoms with Crippen molar-refractivity contribution in [3.63, 3.8) is 0 Å². The molecule has 2 rings (SSSR count). The van der Waals surface area contributed by atoms with Gasteiger partial charge in [-0.25, -0.2) is 9.59 Å². The van der Waals surface area contributed by atoms with E-state index in [1.54, 1.807) is 51.3 Å². The second-order valence-electron chi connectivity index (χ2n) is 6.87. The number of esters is 1. The van der Waals surface area contributed by atoms with E-state index in [0.29, 0.717) is 11.3 Å². The van der Waals surface area contributed by atoms with Crippen molar-refractivity contribution >= 4 is 35.8 Å². The third-order valence-electron chi connectivity index (χ3n) is 4.23. The van der Waals surface area contributed by atoms with Gasteiger partial charge in [-0.05, 0) is 47.4 Å². The lowest BCUT2D eigenvalue weighted by Crippen LogP contribution is -2.24. The number of halogens is 1. The van der Waals surface area contributed by atoms with Crippen LogP contribution in [-0.4, -0.2) is 43.5 Å². The van der Waals surface area contributed by atoms with E-state index in [-0.39, 0.29) is 22.4 Å². The van der Waals surface area contributed by atoms with E-state index in [1.165, 1.54) is 25.5 Å². The van der Waals surface area contributed by atoms with E-state index >= 15 is 0 Å². The summed E-state index contributed by atoms with van der Waals surface area (Å²) in [6.07, 6.45) is 4.26. The van der Waals surface area contributed by atoms with Gasteiger partial charge in [0, 0.05) is 12.3 Å². The lowest BCUT2D eigenvalue weighted by Gasteiger charge is -2.12. The van der Waals surface area contributed by atoms with Crippen LogP contribution < -0.4 is 14.2 Å². The number of rotatable bonds is 9. The summed E-state index contributed by atoms with van der Waals surface area (Å²) in [5.74, 6) is -0.899. The van der Waals surface area contributed by atoms with E-state index in [2.05, 4.69) is 4.99 Å². The number of ether oxygens (including phenoxy) is 3. The van der Waals surface area contributed by atoms with Gasteiger partial charge in [-0.15, -0.1) is 0 Å². The lowest BCUT2D eigenvalue weighted by atomic mass is 10.1. The average Bonchev–Trinajstić information content (AvgIpc) is 2.73. The van der Waals surface area contributed by atoms with Crippen LogP contribution in [0.5, 0.6) is 17.2 Å². The lowest BCUT2D eigenvalue weighted by molar-refractivity contribution is -0.139. The van der Waals surface area contributed by atoms with Crippen molar-refractivity contribution in [2.75, 3.05) is 14.2 Å². The number of methoxy groups -OCH3 is 2. The first-order valence-electron chi connectivity index (χ1n) is 9.42. The van der Waals surface area contributed by atoms with Crippen molar-refractivity contribution in [2.45, 2.75) is 19.9 Å². The number of nitrogens with zero attached hydrogens (tertiary/aromatic N) is 1. The Labute approximate surface area is 185 Å². The largest absolute Gasteiger partial charge is 0.497 e. The van der Waals surface area contributed by atoms with Gasteiger partial charge in [0.2, 0.25) is 0 Å². The molecule has 31 heavy (non-hydrogen) atoms. The van der Waals surface area contributed by atoms with Crippen molar-refractivity contribution in [1.29, 1.82) is 0 Å². The summed E-state index contributed by atoms with van der Waals surface area (Å²) in [6.45, 7) is 3.54. The predicted molar refractivity (Wildman–Crippen MR) is 120 cm³/mol. The standard InChI is InChI=1S/C23H24ClNO6/c1-14(2)21(23(27)28)25-13-16-11-18(24)22(19(12-16)30-4)31-20(26)9-8-15-6-5-7-17(10-15)29-3/h5-14,21H,1-4H3,(H,27,28)/b9-8+,25-13+. The van der Waals surface area contributed by atoms with Crippen molar-refractivity contribution in [1.82, 2.24) is 0 Å². The SMILES string of the molecule is COc1cccc(/C=C/C(=O)Oc2c(Cl)cc(/C=N/C(C(=O)O)C(C)C)cc2OC)c1. The Morgan fingerprint density at radius 2 is 1.84 bits per heavy atom. The number of carboxylic acids is 1. The maximum atomic E-state index is 12.3. The number of aliphatic carboxylic acids is 1. The minimum Gasteiger partial charge on any atom is -0.497 e. The van der Waals surface area contributed by atoms with Crippen LogP contribution in [0.2, 0.25) is 5.02 Å². The first-order valence-corrected chi connectivity index (χ1v) is 9.80. The van der Waals surface area contributed by atoms with Crippen molar-refractivity contribution < 1.29 is 28.9 Å². The molecule has 0 bridgehead atoms. The fourth-order valence-electron chi connectivity index (χ4n) is 2.64. The van der Waals surface area contributed by atoms with Crippen molar-refractivity contribution in [3.8, 4) is 17.2 Å². The van der Waals surface area contributed by atoms with Gasteiger partial charge in [-0.2, -0.15) is 0 Å². The molecule has 0 amide bonds. The average molecular weight is 446 g/mol. The molecule has 7 nitrogen and oxygen atoms in total. The molecule has 0 aromatic heterocycles. The van der Waals surface area contributed by atoms with Gasteiger partial charge in [-0.3, -0.25) is 4.99 Å². The zero-order chi connectivity index (χ0) is 23.0. The fourth-order valence-corrected chi connectivity index (χ4v) is 2.90. The molecule has 2 aromatic carbocycles. The van der Waals surface area contributed by atoms with E-state index < -0.39 is 18.0 Å². The number of aliphatic imine (C=N–C) groups is 1. The number of hydrogen-bond donors (Lipinski definition) is 1. The van der Waals surface area contributed by atoms with Crippen molar-refractivity contribution in [2.24, 2.45) is 10.9 Å². The molecule has 0 aliphatic carbocycles. The molecular weight excluding hydrogens is 422 g/mol. The molecule has 0 saturated carbocycles. The first-order chi connectivity index (χ1) is 14.7. The van der Waals surface area contributed by atoms with Gasteiger partial charge in [0.15, 0.2) is 11.5 Å². The van der Waals surface area contributed by atoms with Crippen LogP contribution in [0, 0.1) is 5.92 Å². The molecular formula is C23H24ClNO6. The molecule has 0 saturated heterocycles. The van der Waals surface area contributed by atoms with Crippen LogP contribution in [0.25, 0.3) is 6.08 Å². The highest BCUT2D eigenvalue weighted by Gasteiger charge is 2.20. The zero-order valence-electron chi connectivity index (χ0n) is 17.7. The van der Waals surface area contributed by atoms with Gasteiger partial charge in [0.05, 0.1) is 19.2 Å².